The number of aromatic nitrogens is 1. The predicted octanol–water partition coefficient (Wildman–Crippen LogP) is 5.00. The Bertz CT molecular complexity index is 1090. The summed E-state index contributed by atoms with van der Waals surface area (Å²) in [6.07, 6.45) is 3.73. The van der Waals surface area contributed by atoms with Gasteiger partial charge in [0, 0.05) is 37.8 Å². The summed E-state index contributed by atoms with van der Waals surface area (Å²) in [7, 11) is 1.81. The third kappa shape index (κ3) is 6.04. The number of thiophene rings is 1. The molecule has 2 amide bonds. The van der Waals surface area contributed by atoms with Crippen molar-refractivity contribution in [2.75, 3.05) is 25.9 Å². The highest BCUT2D eigenvalue weighted by Gasteiger charge is 2.33. The molecule has 4 rings (SSSR count). The SMILES string of the molecule is CN(C(=O)c1ccsc1)C(Cc1ccccc1F)C1CCN(C(=O)CSc2ccccn2)CC1. The highest BCUT2D eigenvalue weighted by atomic mass is 32.2. The molecule has 1 unspecified atom stereocenters. The van der Waals surface area contributed by atoms with Gasteiger partial charge in [-0.25, -0.2) is 9.37 Å². The Morgan fingerprint density at radius 3 is 2.62 bits per heavy atom. The summed E-state index contributed by atoms with van der Waals surface area (Å²) in [5.41, 5.74) is 1.27. The monoisotopic (exact) mass is 497 g/mol. The van der Waals surface area contributed by atoms with Gasteiger partial charge < -0.3 is 9.80 Å². The molecule has 0 N–H and O–H groups in total. The van der Waals surface area contributed by atoms with Gasteiger partial charge in [0.2, 0.25) is 5.91 Å². The lowest BCUT2D eigenvalue weighted by molar-refractivity contribution is -0.130. The molecule has 2 aromatic heterocycles. The molecule has 0 radical (unpaired) electrons. The van der Waals surface area contributed by atoms with Crippen molar-refractivity contribution in [3.05, 3.63) is 82.4 Å². The van der Waals surface area contributed by atoms with Crippen LogP contribution in [0.5, 0.6) is 0 Å². The average Bonchev–Trinajstić information content (AvgIpc) is 3.42. The zero-order chi connectivity index (χ0) is 23.9. The maximum Gasteiger partial charge on any atom is 0.254 e. The van der Waals surface area contributed by atoms with Crippen LogP contribution in [0, 0.1) is 11.7 Å². The van der Waals surface area contributed by atoms with Gasteiger partial charge in [-0.1, -0.05) is 36.0 Å². The number of benzene rings is 1. The van der Waals surface area contributed by atoms with Gasteiger partial charge in [0.05, 0.1) is 16.3 Å². The highest BCUT2D eigenvalue weighted by molar-refractivity contribution is 7.99. The summed E-state index contributed by atoms with van der Waals surface area (Å²) in [6, 6.07) is 14.1. The van der Waals surface area contributed by atoms with Gasteiger partial charge >= 0.3 is 0 Å². The van der Waals surface area contributed by atoms with Gasteiger partial charge in [-0.3, -0.25) is 9.59 Å². The number of piperidine rings is 1. The molecule has 5 nitrogen and oxygen atoms in total. The number of carbonyl (C=O) groups excluding carboxylic acids is 2. The summed E-state index contributed by atoms with van der Waals surface area (Å²) >= 11 is 2.93. The van der Waals surface area contributed by atoms with Crippen LogP contribution in [-0.4, -0.2) is 58.5 Å². The molecule has 34 heavy (non-hydrogen) atoms. The third-order valence-electron chi connectivity index (χ3n) is 6.39. The molecule has 0 bridgehead atoms. The smallest absolute Gasteiger partial charge is 0.254 e. The number of halogens is 1. The minimum Gasteiger partial charge on any atom is -0.342 e. The summed E-state index contributed by atoms with van der Waals surface area (Å²) in [4.78, 5) is 33.8. The van der Waals surface area contributed by atoms with E-state index >= 15 is 0 Å². The van der Waals surface area contributed by atoms with Gasteiger partial charge in [0.15, 0.2) is 0 Å². The van der Waals surface area contributed by atoms with Crippen LogP contribution in [0.2, 0.25) is 0 Å². The van der Waals surface area contributed by atoms with E-state index in [4.69, 9.17) is 0 Å². The van der Waals surface area contributed by atoms with E-state index in [0.717, 1.165) is 17.9 Å². The topological polar surface area (TPSA) is 53.5 Å². The Labute approximate surface area is 208 Å². The lowest BCUT2D eigenvalue weighted by Gasteiger charge is -2.40. The van der Waals surface area contributed by atoms with Crippen LogP contribution in [0.3, 0.4) is 0 Å². The number of pyridine rings is 1. The van der Waals surface area contributed by atoms with Crippen molar-refractivity contribution in [1.82, 2.24) is 14.8 Å². The summed E-state index contributed by atoms with van der Waals surface area (Å²) in [5.74, 6) is 0.342. The maximum absolute atomic E-state index is 14.5. The molecule has 1 atom stereocenters. The van der Waals surface area contributed by atoms with Crippen molar-refractivity contribution in [2.45, 2.75) is 30.3 Å². The molecule has 8 heteroatoms. The van der Waals surface area contributed by atoms with Gasteiger partial charge in [-0.05, 0) is 60.4 Å². The van der Waals surface area contributed by atoms with Crippen molar-refractivity contribution in [3.8, 4) is 0 Å². The fraction of sp³-hybridized carbons (Fsp3) is 0.346. The van der Waals surface area contributed by atoms with Crippen molar-refractivity contribution >= 4 is 34.9 Å². The number of nitrogens with zero attached hydrogens (tertiary/aromatic N) is 3. The van der Waals surface area contributed by atoms with Gasteiger partial charge in [-0.2, -0.15) is 11.3 Å². The van der Waals surface area contributed by atoms with Gasteiger partial charge in [0.1, 0.15) is 5.82 Å². The fourth-order valence-corrected chi connectivity index (χ4v) is 5.84. The van der Waals surface area contributed by atoms with E-state index in [2.05, 4.69) is 4.98 Å². The first-order valence-corrected chi connectivity index (χ1v) is 13.3. The molecular weight excluding hydrogens is 469 g/mol. The Hall–Kier alpha value is -2.71. The van der Waals surface area contributed by atoms with Crippen molar-refractivity contribution in [3.63, 3.8) is 0 Å². The number of likely N-dealkylation sites (N-methyl/N-ethyl adjacent to an activating group) is 1. The fourth-order valence-electron chi connectivity index (χ4n) is 4.44. The lowest BCUT2D eigenvalue weighted by atomic mass is 9.84. The van der Waals surface area contributed by atoms with E-state index in [1.807, 2.05) is 53.0 Å². The molecule has 3 heterocycles. The second kappa shape index (κ2) is 11.6. The first-order chi connectivity index (χ1) is 16.5. The van der Waals surface area contributed by atoms with E-state index in [9.17, 15) is 14.0 Å². The third-order valence-corrected chi connectivity index (χ3v) is 8.00. The van der Waals surface area contributed by atoms with E-state index in [1.165, 1.54) is 29.2 Å². The molecule has 1 fully saturated rings. The Morgan fingerprint density at radius 1 is 1.18 bits per heavy atom. The number of amides is 2. The van der Waals surface area contributed by atoms with Gasteiger partial charge in [-0.15, -0.1) is 0 Å². The Morgan fingerprint density at radius 2 is 1.94 bits per heavy atom. The van der Waals surface area contributed by atoms with E-state index in [-0.39, 0.29) is 29.6 Å². The summed E-state index contributed by atoms with van der Waals surface area (Å²) in [6.45, 7) is 1.28. The first kappa shape index (κ1) is 24.4. The number of thioether (sulfide) groups is 1. The number of rotatable bonds is 8. The molecular formula is C26H28FN3O2S2. The first-order valence-electron chi connectivity index (χ1n) is 11.4. The summed E-state index contributed by atoms with van der Waals surface area (Å²) < 4.78 is 14.5. The molecule has 0 aliphatic carbocycles. The highest BCUT2D eigenvalue weighted by Crippen LogP contribution is 2.29. The second-order valence-corrected chi connectivity index (χ2v) is 10.2. The average molecular weight is 498 g/mol. The van der Waals surface area contributed by atoms with E-state index < -0.39 is 0 Å². The zero-order valence-corrected chi connectivity index (χ0v) is 20.7. The van der Waals surface area contributed by atoms with Crippen LogP contribution in [-0.2, 0) is 11.2 Å². The quantitative estimate of drug-likeness (QED) is 0.411. The number of carbonyl (C=O) groups is 2. The largest absolute Gasteiger partial charge is 0.342 e. The molecule has 1 aliphatic rings. The van der Waals surface area contributed by atoms with Crippen LogP contribution >= 0.6 is 23.1 Å². The van der Waals surface area contributed by atoms with Crippen molar-refractivity contribution in [2.24, 2.45) is 5.92 Å². The molecule has 1 saturated heterocycles. The zero-order valence-electron chi connectivity index (χ0n) is 19.1. The van der Waals surface area contributed by atoms with Crippen LogP contribution in [0.4, 0.5) is 4.39 Å². The minimum atomic E-state index is -0.247. The molecule has 178 valence electrons. The minimum absolute atomic E-state index is 0.0483. The number of hydrogen-bond donors (Lipinski definition) is 0. The maximum atomic E-state index is 14.5. The molecule has 0 spiro atoms. The number of likely N-dealkylation sites (tertiary alicyclic amines) is 1. The Balaban J connectivity index is 1.41. The molecule has 0 saturated carbocycles. The van der Waals surface area contributed by atoms with Gasteiger partial charge in [0.25, 0.3) is 5.91 Å². The Kier molecular flexibility index (Phi) is 8.34. The van der Waals surface area contributed by atoms with Crippen molar-refractivity contribution < 1.29 is 14.0 Å². The van der Waals surface area contributed by atoms with Crippen LogP contribution in [0.1, 0.15) is 28.8 Å². The van der Waals surface area contributed by atoms with Crippen LogP contribution < -0.4 is 0 Å². The summed E-state index contributed by atoms with van der Waals surface area (Å²) in [5, 5.41) is 4.57. The standard InChI is InChI=1S/C26H28FN3O2S2/c1-29(26(32)21-11-15-33-17-21)23(16-20-6-2-3-7-22(20)27)19-9-13-30(14-10-19)25(31)18-34-24-8-4-5-12-28-24/h2-8,11-12,15,17,19,23H,9-10,13-14,16,18H2,1H3. The van der Waals surface area contributed by atoms with E-state index in [1.54, 1.807) is 23.2 Å². The molecule has 3 aromatic rings. The number of hydrogen-bond acceptors (Lipinski definition) is 5. The molecule has 1 aliphatic heterocycles. The van der Waals surface area contributed by atoms with Crippen molar-refractivity contribution in [1.29, 1.82) is 0 Å². The lowest BCUT2D eigenvalue weighted by Crippen LogP contribution is -2.48. The normalized spacial score (nSPS) is 15.2. The second-order valence-electron chi connectivity index (χ2n) is 8.47. The van der Waals surface area contributed by atoms with E-state index in [0.29, 0.717) is 36.4 Å². The molecule has 1 aromatic carbocycles. The predicted molar refractivity (Wildman–Crippen MR) is 135 cm³/mol. The van der Waals surface area contributed by atoms with Crippen LogP contribution in [0.15, 0.2) is 70.5 Å². The van der Waals surface area contributed by atoms with Crippen LogP contribution in [0.25, 0.3) is 0 Å².